The van der Waals surface area contributed by atoms with Crippen molar-refractivity contribution in [3.8, 4) is 5.75 Å². The van der Waals surface area contributed by atoms with Gasteiger partial charge in [-0.1, -0.05) is 41.1 Å². The van der Waals surface area contributed by atoms with Gasteiger partial charge in [-0.25, -0.2) is 4.98 Å². The number of rotatable bonds is 5. The Labute approximate surface area is 169 Å². The third-order valence-electron chi connectivity index (χ3n) is 3.76. The van der Waals surface area contributed by atoms with E-state index in [-0.39, 0.29) is 5.75 Å². The van der Waals surface area contributed by atoms with Gasteiger partial charge in [0.25, 0.3) is 0 Å². The number of phenols is 1. The van der Waals surface area contributed by atoms with Gasteiger partial charge in [-0.3, -0.25) is 5.43 Å². The van der Waals surface area contributed by atoms with E-state index in [9.17, 15) is 5.11 Å². The number of fused-ring (bicyclic) bond motifs is 1. The van der Waals surface area contributed by atoms with Crippen LogP contribution in [0.2, 0.25) is 5.02 Å². The van der Waals surface area contributed by atoms with Gasteiger partial charge < -0.3 is 5.11 Å². The zero-order valence-electron chi connectivity index (χ0n) is 14.5. The van der Waals surface area contributed by atoms with Crippen LogP contribution in [-0.4, -0.2) is 16.3 Å². The lowest BCUT2D eigenvalue weighted by Gasteiger charge is -2.00. The molecule has 4 aromatic rings. The third-order valence-corrected chi connectivity index (χ3v) is 4.93. The van der Waals surface area contributed by atoms with E-state index in [4.69, 9.17) is 11.6 Å². The van der Waals surface area contributed by atoms with Gasteiger partial charge in [0.15, 0.2) is 0 Å². The van der Waals surface area contributed by atoms with Crippen LogP contribution >= 0.6 is 22.9 Å². The lowest BCUT2D eigenvalue weighted by Crippen LogP contribution is -1.90. The fraction of sp³-hybridized carbons (Fsp3) is 0. The van der Waals surface area contributed by atoms with E-state index < -0.39 is 0 Å². The summed E-state index contributed by atoms with van der Waals surface area (Å²) in [6.45, 7) is 0. The number of aromatic hydroxyl groups is 1. The van der Waals surface area contributed by atoms with E-state index in [1.807, 2.05) is 24.3 Å². The first-order valence-electron chi connectivity index (χ1n) is 8.32. The van der Waals surface area contributed by atoms with Crippen LogP contribution in [0.4, 0.5) is 16.5 Å². The number of hydrazone groups is 1. The zero-order chi connectivity index (χ0) is 19.3. The molecule has 138 valence electrons. The highest BCUT2D eigenvalue weighted by molar-refractivity contribution is 7.22. The van der Waals surface area contributed by atoms with Crippen LogP contribution in [0.3, 0.4) is 0 Å². The summed E-state index contributed by atoms with van der Waals surface area (Å²) in [5.74, 6) is 0.0940. The van der Waals surface area contributed by atoms with E-state index in [0.717, 1.165) is 10.2 Å². The molecule has 0 radical (unpaired) electrons. The molecule has 0 aliphatic carbocycles. The van der Waals surface area contributed by atoms with Gasteiger partial charge in [-0.2, -0.15) is 15.3 Å². The van der Waals surface area contributed by atoms with Gasteiger partial charge in [-0.05, 0) is 48.5 Å². The first-order valence-corrected chi connectivity index (χ1v) is 9.52. The lowest BCUT2D eigenvalue weighted by molar-refractivity contribution is 0.474. The average Bonchev–Trinajstić information content (AvgIpc) is 3.11. The van der Waals surface area contributed by atoms with E-state index >= 15 is 0 Å². The Morgan fingerprint density at radius 3 is 2.61 bits per heavy atom. The summed E-state index contributed by atoms with van der Waals surface area (Å²) >= 11 is 7.45. The number of nitrogens with zero attached hydrogens (tertiary/aromatic N) is 4. The molecule has 0 amide bonds. The molecule has 28 heavy (non-hydrogen) atoms. The molecule has 1 aromatic heterocycles. The van der Waals surface area contributed by atoms with Crippen molar-refractivity contribution in [2.75, 3.05) is 5.43 Å². The molecule has 8 heteroatoms. The van der Waals surface area contributed by atoms with E-state index in [0.29, 0.717) is 27.1 Å². The molecular formula is C20H14ClN5OS. The summed E-state index contributed by atoms with van der Waals surface area (Å²) in [7, 11) is 0. The van der Waals surface area contributed by atoms with Crippen molar-refractivity contribution in [3.63, 3.8) is 0 Å². The molecule has 2 N–H and O–H groups in total. The monoisotopic (exact) mass is 407 g/mol. The van der Waals surface area contributed by atoms with Gasteiger partial charge in [0.05, 0.1) is 27.8 Å². The van der Waals surface area contributed by atoms with Crippen LogP contribution in [0.1, 0.15) is 5.56 Å². The second kappa shape index (κ2) is 8.16. The van der Waals surface area contributed by atoms with Gasteiger partial charge >= 0.3 is 0 Å². The Hall–Kier alpha value is -3.29. The normalized spacial score (nSPS) is 11.6. The maximum Gasteiger partial charge on any atom is 0.204 e. The predicted octanol–water partition coefficient (Wildman–Crippen LogP) is 6.52. The molecule has 0 bridgehead atoms. The quantitative estimate of drug-likeness (QED) is 0.224. The molecule has 1 heterocycles. The molecule has 0 fully saturated rings. The van der Waals surface area contributed by atoms with Gasteiger partial charge in [0, 0.05) is 10.6 Å². The Balaban J connectivity index is 1.49. The van der Waals surface area contributed by atoms with Crippen LogP contribution in [0.15, 0.2) is 82.1 Å². The van der Waals surface area contributed by atoms with Crippen molar-refractivity contribution in [2.24, 2.45) is 15.3 Å². The Bertz CT molecular complexity index is 1160. The van der Waals surface area contributed by atoms with E-state index in [1.165, 1.54) is 17.6 Å². The topological polar surface area (TPSA) is 82.2 Å². The summed E-state index contributed by atoms with van der Waals surface area (Å²) in [5, 5.41) is 23.8. The number of para-hydroxylation sites is 1. The fourth-order valence-electron chi connectivity index (χ4n) is 2.44. The smallest absolute Gasteiger partial charge is 0.204 e. The molecule has 0 saturated carbocycles. The highest BCUT2D eigenvalue weighted by Crippen LogP contribution is 2.27. The number of benzene rings is 3. The van der Waals surface area contributed by atoms with Crippen LogP contribution in [0.5, 0.6) is 5.75 Å². The Kier molecular flexibility index (Phi) is 5.27. The highest BCUT2D eigenvalue weighted by Gasteiger charge is 2.03. The second-order valence-corrected chi connectivity index (χ2v) is 7.25. The number of aromatic nitrogens is 1. The third kappa shape index (κ3) is 4.33. The first kappa shape index (κ1) is 18.1. The number of hydrogen-bond donors (Lipinski definition) is 2. The Morgan fingerprint density at radius 2 is 1.79 bits per heavy atom. The molecule has 4 rings (SSSR count). The molecule has 0 atom stereocenters. The van der Waals surface area contributed by atoms with Crippen LogP contribution in [0, 0.1) is 0 Å². The standard InChI is InChI=1S/C20H14ClN5OS/c21-14-4-3-5-15(11-14)24-25-16-8-9-18(27)13(10-16)12-22-26-20-23-17-6-1-2-7-19(17)28-20/h1-12,27H,(H,23,26). The molecule has 0 aliphatic rings. The van der Waals surface area contributed by atoms with Crippen molar-refractivity contribution in [1.82, 2.24) is 4.98 Å². The summed E-state index contributed by atoms with van der Waals surface area (Å²) < 4.78 is 1.08. The largest absolute Gasteiger partial charge is 0.507 e. The molecular weight excluding hydrogens is 394 g/mol. The van der Waals surface area contributed by atoms with Crippen LogP contribution in [0.25, 0.3) is 10.2 Å². The molecule has 6 nitrogen and oxygen atoms in total. The number of anilines is 1. The van der Waals surface area contributed by atoms with Crippen molar-refractivity contribution in [3.05, 3.63) is 77.3 Å². The van der Waals surface area contributed by atoms with Crippen molar-refractivity contribution in [1.29, 1.82) is 0 Å². The molecule has 0 unspecified atom stereocenters. The fourth-order valence-corrected chi connectivity index (χ4v) is 3.44. The van der Waals surface area contributed by atoms with Crippen molar-refractivity contribution < 1.29 is 5.11 Å². The molecule has 0 saturated heterocycles. The van der Waals surface area contributed by atoms with Crippen LogP contribution < -0.4 is 5.43 Å². The van der Waals surface area contributed by atoms with E-state index in [2.05, 4.69) is 25.7 Å². The second-order valence-electron chi connectivity index (χ2n) is 5.78. The molecule has 3 aromatic carbocycles. The SMILES string of the molecule is Oc1ccc(N=Nc2cccc(Cl)c2)cc1C=NNc1nc2ccccc2s1. The number of nitrogens with one attached hydrogen (secondary N) is 1. The molecule has 0 aliphatic heterocycles. The summed E-state index contributed by atoms with van der Waals surface area (Å²) in [6.07, 6.45) is 1.51. The number of halogens is 1. The predicted molar refractivity (Wildman–Crippen MR) is 115 cm³/mol. The lowest BCUT2D eigenvalue weighted by atomic mass is 10.2. The minimum atomic E-state index is 0.0940. The van der Waals surface area contributed by atoms with Crippen LogP contribution in [-0.2, 0) is 0 Å². The maximum absolute atomic E-state index is 10.0. The average molecular weight is 408 g/mol. The number of phenolic OH excluding ortho intramolecular Hbond substituents is 1. The number of thiazole rings is 1. The number of azo groups is 1. The maximum atomic E-state index is 10.0. The summed E-state index contributed by atoms with van der Waals surface area (Å²) in [5.41, 5.74) is 5.54. The minimum Gasteiger partial charge on any atom is -0.507 e. The Morgan fingerprint density at radius 1 is 0.964 bits per heavy atom. The van der Waals surface area contributed by atoms with Gasteiger partial charge in [0.2, 0.25) is 5.13 Å². The van der Waals surface area contributed by atoms with E-state index in [1.54, 1.807) is 42.5 Å². The highest BCUT2D eigenvalue weighted by atomic mass is 35.5. The molecule has 0 spiro atoms. The summed E-state index contributed by atoms with van der Waals surface area (Å²) in [6, 6.07) is 19.9. The first-order chi connectivity index (χ1) is 13.7. The van der Waals surface area contributed by atoms with Gasteiger partial charge in [0.1, 0.15) is 5.75 Å². The zero-order valence-corrected chi connectivity index (χ0v) is 16.0. The van der Waals surface area contributed by atoms with Crippen molar-refractivity contribution >= 4 is 55.9 Å². The number of hydrogen-bond acceptors (Lipinski definition) is 7. The minimum absolute atomic E-state index is 0.0940. The summed E-state index contributed by atoms with van der Waals surface area (Å²) in [4.78, 5) is 4.44. The van der Waals surface area contributed by atoms with Gasteiger partial charge in [-0.15, -0.1) is 0 Å². The van der Waals surface area contributed by atoms with Crippen molar-refractivity contribution in [2.45, 2.75) is 0 Å².